The standard InChI is InChI=1S/C15H12ClFN2O3/c1-9(22-15(21)10-3-2-6-18-8-10)14(20)19-13-5-4-11(17)7-12(13)16/h2-9H,1H3,(H,19,20)/t9-/m0/s1. The van der Waals surface area contributed by atoms with E-state index in [0.717, 1.165) is 12.1 Å². The van der Waals surface area contributed by atoms with E-state index in [1.807, 2.05) is 0 Å². The molecule has 5 nitrogen and oxygen atoms in total. The fourth-order valence-corrected chi connectivity index (χ4v) is 1.81. The number of amides is 1. The molecule has 0 saturated carbocycles. The molecule has 0 bridgehead atoms. The molecular weight excluding hydrogens is 311 g/mol. The normalized spacial score (nSPS) is 11.6. The molecule has 1 heterocycles. The van der Waals surface area contributed by atoms with Gasteiger partial charge in [-0.1, -0.05) is 11.6 Å². The first-order valence-electron chi connectivity index (χ1n) is 6.34. The van der Waals surface area contributed by atoms with Crippen LogP contribution in [0, 0.1) is 5.82 Å². The molecular formula is C15H12ClFN2O3. The van der Waals surface area contributed by atoms with Gasteiger partial charge in [-0.05, 0) is 37.3 Å². The lowest BCUT2D eigenvalue weighted by Crippen LogP contribution is -2.30. The number of nitrogens with zero attached hydrogens (tertiary/aromatic N) is 1. The van der Waals surface area contributed by atoms with E-state index < -0.39 is 23.8 Å². The quantitative estimate of drug-likeness (QED) is 0.878. The van der Waals surface area contributed by atoms with Gasteiger partial charge in [0.2, 0.25) is 0 Å². The second-order valence-corrected chi connectivity index (χ2v) is 4.81. The second-order valence-electron chi connectivity index (χ2n) is 4.40. The topological polar surface area (TPSA) is 68.3 Å². The van der Waals surface area contributed by atoms with Crippen LogP contribution in [-0.4, -0.2) is 23.0 Å². The molecule has 0 fully saturated rings. The maximum atomic E-state index is 12.9. The number of aromatic nitrogens is 1. The van der Waals surface area contributed by atoms with Crippen LogP contribution in [0.4, 0.5) is 10.1 Å². The Morgan fingerprint density at radius 3 is 2.77 bits per heavy atom. The van der Waals surface area contributed by atoms with Gasteiger partial charge in [0.1, 0.15) is 5.82 Å². The molecule has 0 saturated heterocycles. The Bertz CT molecular complexity index is 694. The van der Waals surface area contributed by atoms with Gasteiger partial charge in [-0.15, -0.1) is 0 Å². The highest BCUT2D eigenvalue weighted by Crippen LogP contribution is 2.22. The largest absolute Gasteiger partial charge is 0.449 e. The molecule has 0 aliphatic carbocycles. The zero-order valence-electron chi connectivity index (χ0n) is 11.5. The molecule has 0 radical (unpaired) electrons. The molecule has 2 rings (SSSR count). The second kappa shape index (κ2) is 7.00. The fraction of sp³-hybridized carbons (Fsp3) is 0.133. The number of nitrogens with one attached hydrogen (secondary N) is 1. The van der Waals surface area contributed by atoms with Crippen molar-refractivity contribution < 1.29 is 18.7 Å². The molecule has 1 aromatic heterocycles. The summed E-state index contributed by atoms with van der Waals surface area (Å²) in [5, 5.41) is 2.52. The average Bonchev–Trinajstić information content (AvgIpc) is 2.50. The van der Waals surface area contributed by atoms with Gasteiger partial charge in [-0.2, -0.15) is 0 Å². The molecule has 0 unspecified atom stereocenters. The molecule has 2 aromatic rings. The van der Waals surface area contributed by atoms with Gasteiger partial charge in [0.25, 0.3) is 5.91 Å². The lowest BCUT2D eigenvalue weighted by atomic mass is 10.2. The number of carbonyl (C=O) groups is 2. The summed E-state index contributed by atoms with van der Waals surface area (Å²) < 4.78 is 18.0. The van der Waals surface area contributed by atoms with Gasteiger partial charge >= 0.3 is 5.97 Å². The highest BCUT2D eigenvalue weighted by atomic mass is 35.5. The Balaban J connectivity index is 1.99. The highest BCUT2D eigenvalue weighted by Gasteiger charge is 2.19. The zero-order chi connectivity index (χ0) is 16.1. The van der Waals surface area contributed by atoms with Crippen LogP contribution in [0.3, 0.4) is 0 Å². The van der Waals surface area contributed by atoms with Gasteiger partial charge in [0, 0.05) is 12.4 Å². The van der Waals surface area contributed by atoms with Crippen LogP contribution in [0.5, 0.6) is 0 Å². The van der Waals surface area contributed by atoms with Crippen molar-refractivity contribution in [2.45, 2.75) is 13.0 Å². The van der Waals surface area contributed by atoms with E-state index in [9.17, 15) is 14.0 Å². The summed E-state index contributed by atoms with van der Waals surface area (Å²) in [6, 6.07) is 6.67. The number of halogens is 2. The first-order chi connectivity index (χ1) is 10.5. The van der Waals surface area contributed by atoms with Gasteiger partial charge in [0.15, 0.2) is 6.10 Å². The molecule has 114 valence electrons. The van der Waals surface area contributed by atoms with Crippen LogP contribution in [0.2, 0.25) is 5.02 Å². The van der Waals surface area contributed by atoms with E-state index in [2.05, 4.69) is 10.3 Å². The summed E-state index contributed by atoms with van der Waals surface area (Å²) in [6.07, 6.45) is 1.81. The van der Waals surface area contributed by atoms with Gasteiger partial charge in [-0.25, -0.2) is 9.18 Å². The molecule has 1 N–H and O–H groups in total. The number of pyridine rings is 1. The summed E-state index contributed by atoms with van der Waals surface area (Å²) in [5.74, 6) is -1.76. The van der Waals surface area contributed by atoms with Crippen LogP contribution in [0.25, 0.3) is 0 Å². The Morgan fingerprint density at radius 1 is 1.36 bits per heavy atom. The van der Waals surface area contributed by atoms with Gasteiger partial charge < -0.3 is 10.1 Å². The number of anilines is 1. The van der Waals surface area contributed by atoms with Crippen LogP contribution in [-0.2, 0) is 9.53 Å². The van der Waals surface area contributed by atoms with Crippen molar-refractivity contribution in [3.05, 3.63) is 59.1 Å². The van der Waals surface area contributed by atoms with Crippen molar-refractivity contribution >= 4 is 29.2 Å². The summed E-state index contributed by atoms with van der Waals surface area (Å²) in [6.45, 7) is 1.42. The Kier molecular flexibility index (Phi) is 5.06. The molecule has 1 aromatic carbocycles. The van der Waals surface area contributed by atoms with Crippen LogP contribution in [0.15, 0.2) is 42.7 Å². The minimum Gasteiger partial charge on any atom is -0.449 e. The first-order valence-corrected chi connectivity index (χ1v) is 6.72. The Hall–Kier alpha value is -2.47. The number of ether oxygens (including phenoxy) is 1. The van der Waals surface area contributed by atoms with Crippen molar-refractivity contribution in [3.63, 3.8) is 0 Å². The van der Waals surface area contributed by atoms with E-state index in [4.69, 9.17) is 16.3 Å². The molecule has 22 heavy (non-hydrogen) atoms. The predicted octanol–water partition coefficient (Wildman–Crippen LogP) is 3.06. The number of rotatable bonds is 4. The molecule has 0 aliphatic rings. The summed E-state index contributed by atoms with van der Waals surface area (Å²) in [5.41, 5.74) is 0.472. The number of benzene rings is 1. The fourth-order valence-electron chi connectivity index (χ4n) is 1.59. The number of hydrogen-bond acceptors (Lipinski definition) is 4. The van der Waals surface area contributed by atoms with E-state index >= 15 is 0 Å². The number of esters is 1. The van der Waals surface area contributed by atoms with E-state index in [1.165, 1.54) is 31.5 Å². The Morgan fingerprint density at radius 2 is 2.14 bits per heavy atom. The third-order valence-corrected chi connectivity index (χ3v) is 3.05. The lowest BCUT2D eigenvalue weighted by Gasteiger charge is -2.14. The van der Waals surface area contributed by atoms with E-state index in [1.54, 1.807) is 6.07 Å². The monoisotopic (exact) mass is 322 g/mol. The van der Waals surface area contributed by atoms with E-state index in [-0.39, 0.29) is 16.3 Å². The first kappa shape index (κ1) is 15.9. The smallest absolute Gasteiger partial charge is 0.340 e. The Labute approximate surface area is 131 Å². The van der Waals surface area contributed by atoms with Gasteiger partial charge in [0.05, 0.1) is 16.3 Å². The molecule has 7 heteroatoms. The average molecular weight is 323 g/mol. The maximum absolute atomic E-state index is 12.9. The maximum Gasteiger partial charge on any atom is 0.340 e. The van der Waals surface area contributed by atoms with Crippen LogP contribution in [0.1, 0.15) is 17.3 Å². The third kappa shape index (κ3) is 4.02. The third-order valence-electron chi connectivity index (χ3n) is 2.74. The minimum absolute atomic E-state index is 0.0548. The van der Waals surface area contributed by atoms with Crippen molar-refractivity contribution in [3.8, 4) is 0 Å². The SMILES string of the molecule is C[C@H](OC(=O)c1cccnc1)C(=O)Nc1ccc(F)cc1Cl. The number of carbonyl (C=O) groups excluding carboxylic acids is 2. The number of hydrogen-bond donors (Lipinski definition) is 1. The summed E-state index contributed by atoms with van der Waals surface area (Å²) in [7, 11) is 0. The van der Waals surface area contributed by atoms with Crippen molar-refractivity contribution in [1.82, 2.24) is 4.98 Å². The van der Waals surface area contributed by atoms with E-state index in [0.29, 0.717) is 0 Å². The highest BCUT2D eigenvalue weighted by molar-refractivity contribution is 6.33. The minimum atomic E-state index is -1.05. The van der Waals surface area contributed by atoms with Gasteiger partial charge in [-0.3, -0.25) is 9.78 Å². The predicted molar refractivity (Wildman–Crippen MR) is 79.2 cm³/mol. The van der Waals surface area contributed by atoms with Crippen LogP contribution >= 0.6 is 11.6 Å². The molecule has 0 aliphatic heterocycles. The summed E-state index contributed by atoms with van der Waals surface area (Å²) in [4.78, 5) is 27.6. The molecule has 0 spiro atoms. The lowest BCUT2D eigenvalue weighted by molar-refractivity contribution is -0.123. The molecule has 1 atom stereocenters. The zero-order valence-corrected chi connectivity index (χ0v) is 12.3. The summed E-state index contributed by atoms with van der Waals surface area (Å²) >= 11 is 5.81. The van der Waals surface area contributed by atoms with Crippen molar-refractivity contribution in [2.75, 3.05) is 5.32 Å². The molecule has 1 amide bonds. The van der Waals surface area contributed by atoms with Crippen LogP contribution < -0.4 is 5.32 Å². The van der Waals surface area contributed by atoms with Crippen molar-refractivity contribution in [1.29, 1.82) is 0 Å². The van der Waals surface area contributed by atoms with Crippen molar-refractivity contribution in [2.24, 2.45) is 0 Å².